The first kappa shape index (κ1) is 13.6. The molecule has 2 N–H and O–H groups in total. The van der Waals surface area contributed by atoms with Gasteiger partial charge in [0, 0.05) is 23.2 Å². The number of ether oxygens (including phenoxy) is 2. The predicted octanol–water partition coefficient (Wildman–Crippen LogP) is 2.74. The van der Waals surface area contributed by atoms with Gasteiger partial charge in [0.25, 0.3) is 0 Å². The first-order valence-electron chi connectivity index (χ1n) is 5.06. The molecule has 0 fully saturated rings. The van der Waals surface area contributed by atoms with Crippen LogP contribution in [0.5, 0.6) is 5.75 Å². The van der Waals surface area contributed by atoms with Crippen molar-refractivity contribution in [2.24, 2.45) is 5.73 Å². The molecule has 0 saturated heterocycles. The van der Waals surface area contributed by atoms with E-state index < -0.39 is 0 Å². The molecule has 1 atom stereocenters. The minimum Gasteiger partial charge on any atom is -0.491 e. The van der Waals surface area contributed by atoms with E-state index in [9.17, 15) is 0 Å². The molecule has 1 aromatic carbocycles. The Kier molecular flexibility index (Phi) is 5.91. The maximum Gasteiger partial charge on any atom is 0.122 e. The molecule has 1 unspecified atom stereocenters. The molecule has 0 aliphatic heterocycles. The number of hydrogen-bond acceptors (Lipinski definition) is 3. The van der Waals surface area contributed by atoms with Crippen molar-refractivity contribution in [2.45, 2.75) is 13.0 Å². The van der Waals surface area contributed by atoms with Gasteiger partial charge in [0.15, 0.2) is 0 Å². The lowest BCUT2D eigenvalue weighted by molar-refractivity contribution is 0.0337. The summed E-state index contributed by atoms with van der Waals surface area (Å²) in [5.74, 6) is 0.621. The average molecular weight is 264 g/mol. The summed E-state index contributed by atoms with van der Waals surface area (Å²) in [6, 6.07) is 5.05. The van der Waals surface area contributed by atoms with Gasteiger partial charge < -0.3 is 15.2 Å². The molecule has 5 heteroatoms. The number of benzene rings is 1. The maximum atomic E-state index is 5.84. The minimum absolute atomic E-state index is 0.109. The maximum absolute atomic E-state index is 5.84. The van der Waals surface area contributed by atoms with Crippen molar-refractivity contribution in [3.8, 4) is 5.75 Å². The Balaban J connectivity index is 2.52. The van der Waals surface area contributed by atoms with Gasteiger partial charge in [-0.1, -0.05) is 23.2 Å². The molecule has 0 bridgehead atoms. The number of hydrogen-bond donors (Lipinski definition) is 1. The summed E-state index contributed by atoms with van der Waals surface area (Å²) in [4.78, 5) is 0. The summed E-state index contributed by atoms with van der Waals surface area (Å²) in [5.41, 5.74) is 5.53. The smallest absolute Gasteiger partial charge is 0.122 e. The van der Waals surface area contributed by atoms with Gasteiger partial charge in [0.2, 0.25) is 0 Å². The lowest BCUT2D eigenvalue weighted by Gasteiger charge is -2.15. The van der Waals surface area contributed by atoms with Crippen LogP contribution in [0, 0.1) is 0 Å². The molecule has 0 aliphatic carbocycles. The average Bonchev–Trinajstić information content (AvgIpc) is 2.23. The number of nitrogens with two attached hydrogens (primary N) is 1. The summed E-state index contributed by atoms with van der Waals surface area (Å²) < 4.78 is 10.9. The number of halogens is 2. The Hall–Kier alpha value is -0.480. The summed E-state index contributed by atoms with van der Waals surface area (Å²) >= 11 is 11.7. The molecule has 1 rings (SSSR count). The Labute approximate surface area is 105 Å². The van der Waals surface area contributed by atoms with Gasteiger partial charge in [-0.05, 0) is 25.1 Å². The molecular weight excluding hydrogens is 249 g/mol. The molecule has 0 radical (unpaired) electrons. The Bertz CT molecular complexity index is 314. The summed E-state index contributed by atoms with van der Waals surface area (Å²) in [6.45, 7) is 3.34. The van der Waals surface area contributed by atoms with Crippen molar-refractivity contribution in [2.75, 3.05) is 19.8 Å². The topological polar surface area (TPSA) is 44.5 Å². The van der Waals surface area contributed by atoms with E-state index in [0.717, 1.165) is 0 Å². The standard InChI is InChI=1S/C11H15Cl2NO2/c1-2-15-11(6-14)7-16-10-4-8(12)3-9(13)5-10/h3-5,11H,2,6-7,14H2,1H3. The highest BCUT2D eigenvalue weighted by Crippen LogP contribution is 2.24. The van der Waals surface area contributed by atoms with Gasteiger partial charge in [0.1, 0.15) is 18.5 Å². The normalized spacial score (nSPS) is 12.5. The van der Waals surface area contributed by atoms with Crippen LogP contribution in [0.25, 0.3) is 0 Å². The van der Waals surface area contributed by atoms with Crippen LogP contribution in [0.1, 0.15) is 6.92 Å². The van der Waals surface area contributed by atoms with Crippen molar-refractivity contribution >= 4 is 23.2 Å². The first-order valence-corrected chi connectivity index (χ1v) is 5.81. The largest absolute Gasteiger partial charge is 0.491 e. The van der Waals surface area contributed by atoms with Crippen molar-refractivity contribution < 1.29 is 9.47 Å². The fourth-order valence-electron chi connectivity index (χ4n) is 1.22. The highest BCUT2D eigenvalue weighted by molar-refractivity contribution is 6.34. The molecule has 1 aromatic rings. The fourth-order valence-corrected chi connectivity index (χ4v) is 1.73. The Morgan fingerprint density at radius 3 is 2.38 bits per heavy atom. The van der Waals surface area contributed by atoms with E-state index in [1.807, 2.05) is 6.92 Å². The van der Waals surface area contributed by atoms with Crippen LogP contribution in [-0.2, 0) is 4.74 Å². The fraction of sp³-hybridized carbons (Fsp3) is 0.455. The molecule has 0 aliphatic rings. The highest BCUT2D eigenvalue weighted by atomic mass is 35.5. The second-order valence-electron chi connectivity index (χ2n) is 3.23. The Morgan fingerprint density at radius 1 is 1.25 bits per heavy atom. The molecule has 16 heavy (non-hydrogen) atoms. The predicted molar refractivity (Wildman–Crippen MR) is 66.4 cm³/mol. The third-order valence-electron chi connectivity index (χ3n) is 1.94. The van der Waals surface area contributed by atoms with Crippen LogP contribution in [0.3, 0.4) is 0 Å². The van der Waals surface area contributed by atoms with Crippen molar-refractivity contribution in [3.63, 3.8) is 0 Å². The lowest BCUT2D eigenvalue weighted by Crippen LogP contribution is -2.30. The van der Waals surface area contributed by atoms with Gasteiger partial charge in [0.05, 0.1) is 0 Å². The monoisotopic (exact) mass is 263 g/mol. The van der Waals surface area contributed by atoms with Crippen LogP contribution < -0.4 is 10.5 Å². The van der Waals surface area contributed by atoms with Crippen LogP contribution in [-0.4, -0.2) is 25.9 Å². The third kappa shape index (κ3) is 4.58. The zero-order chi connectivity index (χ0) is 12.0. The van der Waals surface area contributed by atoms with Crippen LogP contribution >= 0.6 is 23.2 Å². The molecule has 0 aromatic heterocycles. The molecule has 3 nitrogen and oxygen atoms in total. The quantitative estimate of drug-likeness (QED) is 0.859. The minimum atomic E-state index is -0.109. The van der Waals surface area contributed by atoms with E-state index in [0.29, 0.717) is 35.6 Å². The first-order chi connectivity index (χ1) is 7.65. The second kappa shape index (κ2) is 6.97. The molecule has 0 saturated carbocycles. The zero-order valence-electron chi connectivity index (χ0n) is 9.08. The number of rotatable bonds is 6. The third-order valence-corrected chi connectivity index (χ3v) is 2.37. The Morgan fingerprint density at radius 2 is 1.88 bits per heavy atom. The van der Waals surface area contributed by atoms with E-state index in [4.69, 9.17) is 38.4 Å². The van der Waals surface area contributed by atoms with Gasteiger partial charge >= 0.3 is 0 Å². The van der Waals surface area contributed by atoms with Crippen LogP contribution in [0.15, 0.2) is 18.2 Å². The second-order valence-corrected chi connectivity index (χ2v) is 4.10. The van der Waals surface area contributed by atoms with Gasteiger partial charge in [-0.25, -0.2) is 0 Å². The van der Waals surface area contributed by atoms with Gasteiger partial charge in [-0.2, -0.15) is 0 Å². The molecule has 0 amide bonds. The SMILES string of the molecule is CCOC(CN)COc1cc(Cl)cc(Cl)c1. The molecule has 0 spiro atoms. The van der Waals surface area contributed by atoms with E-state index >= 15 is 0 Å². The van der Waals surface area contributed by atoms with Crippen molar-refractivity contribution in [1.82, 2.24) is 0 Å². The summed E-state index contributed by atoms with van der Waals surface area (Å²) in [6.07, 6.45) is -0.109. The highest BCUT2D eigenvalue weighted by Gasteiger charge is 2.07. The zero-order valence-corrected chi connectivity index (χ0v) is 10.6. The van der Waals surface area contributed by atoms with Crippen LogP contribution in [0.4, 0.5) is 0 Å². The van der Waals surface area contributed by atoms with E-state index in [1.165, 1.54) is 0 Å². The van der Waals surface area contributed by atoms with Gasteiger partial charge in [-0.15, -0.1) is 0 Å². The molecular formula is C11H15Cl2NO2. The van der Waals surface area contributed by atoms with Crippen molar-refractivity contribution in [3.05, 3.63) is 28.2 Å². The molecule has 0 heterocycles. The molecule has 90 valence electrons. The summed E-state index contributed by atoms with van der Waals surface area (Å²) in [5, 5.41) is 1.09. The van der Waals surface area contributed by atoms with E-state index in [1.54, 1.807) is 18.2 Å². The van der Waals surface area contributed by atoms with E-state index in [-0.39, 0.29) is 6.10 Å². The van der Waals surface area contributed by atoms with Crippen molar-refractivity contribution in [1.29, 1.82) is 0 Å². The van der Waals surface area contributed by atoms with E-state index in [2.05, 4.69) is 0 Å². The summed E-state index contributed by atoms with van der Waals surface area (Å²) in [7, 11) is 0. The van der Waals surface area contributed by atoms with Gasteiger partial charge in [-0.3, -0.25) is 0 Å². The van der Waals surface area contributed by atoms with Crippen LogP contribution in [0.2, 0.25) is 10.0 Å². The lowest BCUT2D eigenvalue weighted by atomic mass is 10.3.